The minimum atomic E-state index is 0.00255. The highest BCUT2D eigenvalue weighted by Gasteiger charge is 2.06. The molecule has 0 aromatic carbocycles. The summed E-state index contributed by atoms with van der Waals surface area (Å²) >= 11 is 0. The van der Waals surface area contributed by atoms with Crippen molar-refractivity contribution in [2.24, 2.45) is 5.73 Å². The molecule has 84 valence electrons. The van der Waals surface area contributed by atoms with Crippen molar-refractivity contribution in [2.75, 3.05) is 20.8 Å². The lowest BCUT2D eigenvalue weighted by atomic mass is 10.1. The monoisotopic (exact) mass is 210 g/mol. The number of pyridine rings is 1. The predicted octanol–water partition coefficient (Wildman–Crippen LogP) is 1.52. The summed E-state index contributed by atoms with van der Waals surface area (Å²) in [5, 5.41) is 0. The average molecular weight is 210 g/mol. The van der Waals surface area contributed by atoms with E-state index in [0.29, 0.717) is 0 Å². The van der Waals surface area contributed by atoms with Crippen molar-refractivity contribution in [2.45, 2.75) is 18.9 Å². The van der Waals surface area contributed by atoms with Crippen LogP contribution in [0.5, 0.6) is 5.75 Å². The first-order valence-corrected chi connectivity index (χ1v) is 5.01. The Morgan fingerprint density at radius 3 is 2.87 bits per heavy atom. The second kappa shape index (κ2) is 6.37. The second-order valence-electron chi connectivity index (χ2n) is 3.40. The molecule has 0 amide bonds. The molecule has 1 rings (SSSR count). The molecule has 0 saturated carbocycles. The van der Waals surface area contributed by atoms with Crippen LogP contribution < -0.4 is 10.5 Å². The molecule has 15 heavy (non-hydrogen) atoms. The quantitative estimate of drug-likeness (QED) is 0.723. The molecule has 2 N–H and O–H groups in total. The summed E-state index contributed by atoms with van der Waals surface area (Å²) in [5.74, 6) is 0.745. The summed E-state index contributed by atoms with van der Waals surface area (Å²) in [6.07, 6.45) is 5.29. The van der Waals surface area contributed by atoms with Gasteiger partial charge in [0.05, 0.1) is 13.3 Å². The molecule has 0 fully saturated rings. The van der Waals surface area contributed by atoms with Crippen LogP contribution in [0.3, 0.4) is 0 Å². The first-order valence-electron chi connectivity index (χ1n) is 5.01. The highest BCUT2D eigenvalue weighted by molar-refractivity contribution is 5.25. The van der Waals surface area contributed by atoms with Gasteiger partial charge in [0.1, 0.15) is 5.75 Å². The molecule has 4 heteroatoms. The number of hydrogen-bond acceptors (Lipinski definition) is 4. The fraction of sp³-hybridized carbons (Fsp3) is 0.545. The molecule has 1 unspecified atom stereocenters. The number of aromatic nitrogens is 1. The van der Waals surface area contributed by atoms with Crippen molar-refractivity contribution in [3.63, 3.8) is 0 Å². The van der Waals surface area contributed by atoms with Gasteiger partial charge in [-0.1, -0.05) is 0 Å². The molecule has 1 aromatic heterocycles. The lowest BCUT2D eigenvalue weighted by molar-refractivity contribution is 0.190. The molecule has 1 atom stereocenters. The Labute approximate surface area is 90.4 Å². The molecule has 0 aliphatic heterocycles. The normalized spacial score (nSPS) is 12.5. The Balaban J connectivity index is 2.52. The summed E-state index contributed by atoms with van der Waals surface area (Å²) in [5.41, 5.74) is 7.01. The molecule has 0 radical (unpaired) electrons. The Bertz CT molecular complexity index is 292. The highest BCUT2D eigenvalue weighted by atomic mass is 16.5. The van der Waals surface area contributed by atoms with E-state index in [4.69, 9.17) is 15.2 Å². The average Bonchev–Trinajstić information content (AvgIpc) is 2.29. The van der Waals surface area contributed by atoms with Gasteiger partial charge in [-0.15, -0.1) is 0 Å². The Hall–Kier alpha value is -1.13. The van der Waals surface area contributed by atoms with Crippen molar-refractivity contribution >= 4 is 0 Å². The van der Waals surface area contributed by atoms with E-state index in [9.17, 15) is 0 Å². The molecule has 1 heterocycles. The number of nitrogens with two attached hydrogens (primary N) is 1. The van der Waals surface area contributed by atoms with E-state index in [1.165, 1.54) is 0 Å². The van der Waals surface area contributed by atoms with E-state index in [0.717, 1.165) is 30.8 Å². The zero-order valence-corrected chi connectivity index (χ0v) is 9.27. The third-order valence-corrected chi connectivity index (χ3v) is 2.26. The van der Waals surface area contributed by atoms with Gasteiger partial charge in [-0.05, 0) is 24.5 Å². The van der Waals surface area contributed by atoms with Gasteiger partial charge in [0, 0.05) is 26.0 Å². The van der Waals surface area contributed by atoms with Crippen molar-refractivity contribution in [3.8, 4) is 5.75 Å². The molecular formula is C11H18N2O2. The molecule has 4 nitrogen and oxygen atoms in total. The summed E-state index contributed by atoms with van der Waals surface area (Å²) < 4.78 is 10.1. The van der Waals surface area contributed by atoms with Gasteiger partial charge in [-0.25, -0.2) is 0 Å². The van der Waals surface area contributed by atoms with Gasteiger partial charge in [0.25, 0.3) is 0 Å². The molecule has 0 saturated heterocycles. The molecule has 0 aliphatic carbocycles. The van der Waals surface area contributed by atoms with Gasteiger partial charge in [-0.2, -0.15) is 0 Å². The number of ether oxygens (including phenoxy) is 2. The van der Waals surface area contributed by atoms with Crippen LogP contribution in [0.4, 0.5) is 0 Å². The van der Waals surface area contributed by atoms with Gasteiger partial charge in [0.15, 0.2) is 0 Å². The first kappa shape index (κ1) is 11.9. The van der Waals surface area contributed by atoms with Crippen molar-refractivity contribution in [3.05, 3.63) is 24.0 Å². The Kier molecular flexibility index (Phi) is 5.07. The minimum absolute atomic E-state index is 0.00255. The first-order chi connectivity index (χ1) is 7.27. The van der Waals surface area contributed by atoms with Crippen LogP contribution >= 0.6 is 0 Å². The van der Waals surface area contributed by atoms with Crippen LogP contribution in [0.1, 0.15) is 24.4 Å². The molecule has 0 bridgehead atoms. The SMILES string of the molecule is COCCCC(N)c1cncc(OC)c1. The predicted molar refractivity (Wildman–Crippen MR) is 58.8 cm³/mol. The topological polar surface area (TPSA) is 57.4 Å². The zero-order chi connectivity index (χ0) is 11.1. The number of hydrogen-bond donors (Lipinski definition) is 1. The zero-order valence-electron chi connectivity index (χ0n) is 9.27. The maximum Gasteiger partial charge on any atom is 0.137 e. The number of rotatable bonds is 6. The number of nitrogens with zero attached hydrogens (tertiary/aromatic N) is 1. The van der Waals surface area contributed by atoms with Crippen LogP contribution in [0, 0.1) is 0 Å². The molecule has 0 aliphatic rings. The lowest BCUT2D eigenvalue weighted by Crippen LogP contribution is -2.11. The van der Waals surface area contributed by atoms with Crippen molar-refractivity contribution < 1.29 is 9.47 Å². The maximum absolute atomic E-state index is 6.01. The van der Waals surface area contributed by atoms with Crippen LogP contribution in [0.15, 0.2) is 18.5 Å². The summed E-state index contributed by atoms with van der Waals surface area (Å²) in [6.45, 7) is 0.741. The van der Waals surface area contributed by atoms with Crippen LogP contribution in [-0.4, -0.2) is 25.8 Å². The van der Waals surface area contributed by atoms with Crippen LogP contribution in [0.25, 0.3) is 0 Å². The lowest BCUT2D eigenvalue weighted by Gasteiger charge is -2.11. The van der Waals surface area contributed by atoms with Gasteiger partial charge < -0.3 is 15.2 Å². The largest absolute Gasteiger partial charge is 0.495 e. The summed E-state index contributed by atoms with van der Waals surface area (Å²) in [7, 11) is 3.32. The van der Waals surface area contributed by atoms with E-state index >= 15 is 0 Å². The van der Waals surface area contributed by atoms with Crippen molar-refractivity contribution in [1.29, 1.82) is 0 Å². The standard InChI is InChI=1S/C11H18N2O2/c1-14-5-3-4-11(12)9-6-10(15-2)8-13-7-9/h6-8,11H,3-5,12H2,1-2H3. The van der Waals surface area contributed by atoms with Gasteiger partial charge in [0.2, 0.25) is 0 Å². The maximum atomic E-state index is 6.01. The second-order valence-corrected chi connectivity index (χ2v) is 3.40. The number of methoxy groups -OCH3 is 2. The van der Waals surface area contributed by atoms with Crippen LogP contribution in [0.2, 0.25) is 0 Å². The third-order valence-electron chi connectivity index (χ3n) is 2.26. The van der Waals surface area contributed by atoms with E-state index in [2.05, 4.69) is 4.98 Å². The fourth-order valence-corrected chi connectivity index (χ4v) is 1.36. The smallest absolute Gasteiger partial charge is 0.137 e. The van der Waals surface area contributed by atoms with Gasteiger partial charge in [-0.3, -0.25) is 4.98 Å². The minimum Gasteiger partial charge on any atom is -0.495 e. The van der Waals surface area contributed by atoms with Crippen LogP contribution in [-0.2, 0) is 4.74 Å². The molecular weight excluding hydrogens is 192 g/mol. The van der Waals surface area contributed by atoms with E-state index in [-0.39, 0.29) is 6.04 Å². The van der Waals surface area contributed by atoms with E-state index in [1.807, 2.05) is 6.07 Å². The highest BCUT2D eigenvalue weighted by Crippen LogP contribution is 2.19. The molecule has 0 spiro atoms. The fourth-order valence-electron chi connectivity index (χ4n) is 1.36. The van der Waals surface area contributed by atoms with Crippen molar-refractivity contribution in [1.82, 2.24) is 4.98 Å². The summed E-state index contributed by atoms with van der Waals surface area (Å²) in [6, 6.07) is 1.92. The van der Waals surface area contributed by atoms with E-state index < -0.39 is 0 Å². The Morgan fingerprint density at radius 2 is 2.20 bits per heavy atom. The third kappa shape index (κ3) is 3.85. The summed E-state index contributed by atoms with van der Waals surface area (Å²) in [4.78, 5) is 4.07. The Morgan fingerprint density at radius 1 is 1.40 bits per heavy atom. The van der Waals surface area contributed by atoms with E-state index in [1.54, 1.807) is 26.6 Å². The van der Waals surface area contributed by atoms with Gasteiger partial charge >= 0.3 is 0 Å². The molecule has 1 aromatic rings.